The summed E-state index contributed by atoms with van der Waals surface area (Å²) in [5.74, 6) is -0.271. The van der Waals surface area contributed by atoms with Crippen molar-refractivity contribution >= 4 is 28.8 Å². The van der Waals surface area contributed by atoms with E-state index in [0.29, 0.717) is 13.1 Å². The molecule has 2 atom stereocenters. The number of aryl methyl sites for hydroxylation is 2. The molecule has 2 heterocycles. The Morgan fingerprint density at radius 3 is 2.86 bits per heavy atom. The number of nitrogens with one attached hydrogen (secondary N) is 1. The molecule has 2 aromatic rings. The Balaban J connectivity index is 1.39. The van der Waals surface area contributed by atoms with Gasteiger partial charge in [-0.1, -0.05) is 12.1 Å². The molecule has 4 rings (SSSR count). The number of hydrogen-bond donors (Lipinski definition) is 1. The quantitative estimate of drug-likeness (QED) is 0.815. The van der Waals surface area contributed by atoms with Crippen molar-refractivity contribution in [2.75, 3.05) is 32.1 Å². The second kappa shape index (κ2) is 8.05. The molecule has 6 heteroatoms. The lowest BCUT2D eigenvalue weighted by Gasteiger charge is -2.24. The Morgan fingerprint density at radius 2 is 2.11 bits per heavy atom. The van der Waals surface area contributed by atoms with Gasteiger partial charge in [0, 0.05) is 30.1 Å². The second-order valence-corrected chi connectivity index (χ2v) is 8.93. The SMILES string of the molecule is CN(C)C(CNC(=O)C1CC(=O)N(c2ccc3c(c2)CCC3)C1)c1cccs1. The lowest BCUT2D eigenvalue weighted by atomic mass is 10.1. The molecule has 0 radical (unpaired) electrons. The number of hydrogen-bond acceptors (Lipinski definition) is 4. The average molecular weight is 398 g/mol. The molecule has 5 nitrogen and oxygen atoms in total. The highest BCUT2D eigenvalue weighted by atomic mass is 32.1. The highest BCUT2D eigenvalue weighted by Gasteiger charge is 2.35. The second-order valence-electron chi connectivity index (χ2n) is 7.95. The van der Waals surface area contributed by atoms with Crippen LogP contribution in [0.3, 0.4) is 0 Å². The molecule has 1 saturated heterocycles. The number of likely N-dealkylation sites (N-methyl/N-ethyl adjacent to an activating group) is 1. The molecule has 2 unspecified atom stereocenters. The van der Waals surface area contributed by atoms with E-state index in [-0.39, 0.29) is 30.2 Å². The summed E-state index contributed by atoms with van der Waals surface area (Å²) in [6.45, 7) is 1.02. The Kier molecular flexibility index (Phi) is 5.51. The van der Waals surface area contributed by atoms with Crippen molar-refractivity contribution in [3.63, 3.8) is 0 Å². The predicted octanol–water partition coefficient (Wildman–Crippen LogP) is 3.01. The van der Waals surface area contributed by atoms with E-state index in [1.165, 1.54) is 22.4 Å². The molecule has 1 aromatic carbocycles. The molecule has 28 heavy (non-hydrogen) atoms. The number of amides is 2. The van der Waals surface area contributed by atoms with Gasteiger partial charge in [-0.05, 0) is 68.1 Å². The summed E-state index contributed by atoms with van der Waals surface area (Å²) in [7, 11) is 4.04. The minimum absolute atomic E-state index is 0.0274. The van der Waals surface area contributed by atoms with E-state index >= 15 is 0 Å². The summed E-state index contributed by atoms with van der Waals surface area (Å²) in [4.78, 5) is 30.4. The number of rotatable bonds is 6. The van der Waals surface area contributed by atoms with Crippen LogP contribution in [0.15, 0.2) is 35.7 Å². The summed E-state index contributed by atoms with van der Waals surface area (Å²) in [5.41, 5.74) is 3.68. The maximum atomic E-state index is 12.7. The number of thiophene rings is 1. The van der Waals surface area contributed by atoms with E-state index in [1.807, 2.05) is 26.2 Å². The molecule has 1 aromatic heterocycles. The van der Waals surface area contributed by atoms with Crippen LogP contribution >= 0.6 is 11.3 Å². The third-order valence-electron chi connectivity index (χ3n) is 5.85. The van der Waals surface area contributed by atoms with Crippen molar-refractivity contribution in [1.29, 1.82) is 0 Å². The predicted molar refractivity (Wildman–Crippen MR) is 113 cm³/mol. The molecule has 1 aliphatic heterocycles. The van der Waals surface area contributed by atoms with Crippen molar-refractivity contribution in [3.8, 4) is 0 Å². The third-order valence-corrected chi connectivity index (χ3v) is 6.83. The standard InChI is InChI=1S/C22H27N3O2S/c1-24(2)19(20-7-4-10-28-20)13-23-22(27)17-12-21(26)25(14-17)18-9-8-15-5-3-6-16(15)11-18/h4,7-11,17,19H,3,5-6,12-14H2,1-2H3,(H,23,27). The monoisotopic (exact) mass is 397 g/mol. The third kappa shape index (κ3) is 3.84. The fourth-order valence-electron chi connectivity index (χ4n) is 4.22. The lowest BCUT2D eigenvalue weighted by Crippen LogP contribution is -2.38. The van der Waals surface area contributed by atoms with Crippen LogP contribution in [0, 0.1) is 5.92 Å². The van der Waals surface area contributed by atoms with Crippen molar-refractivity contribution in [2.45, 2.75) is 31.7 Å². The van der Waals surface area contributed by atoms with E-state index in [9.17, 15) is 9.59 Å². The van der Waals surface area contributed by atoms with E-state index in [4.69, 9.17) is 0 Å². The number of carbonyl (C=O) groups excluding carboxylic acids is 2. The summed E-state index contributed by atoms with van der Waals surface area (Å²) in [5, 5.41) is 5.13. The highest BCUT2D eigenvalue weighted by molar-refractivity contribution is 7.10. The topological polar surface area (TPSA) is 52.7 Å². The zero-order chi connectivity index (χ0) is 19.7. The van der Waals surface area contributed by atoms with Crippen LogP contribution in [-0.4, -0.2) is 43.9 Å². The van der Waals surface area contributed by atoms with E-state index in [0.717, 1.165) is 18.5 Å². The zero-order valence-corrected chi connectivity index (χ0v) is 17.3. The number of fused-ring (bicyclic) bond motifs is 1. The zero-order valence-electron chi connectivity index (χ0n) is 16.5. The first kappa shape index (κ1) is 19.2. The van der Waals surface area contributed by atoms with Crippen LogP contribution in [-0.2, 0) is 22.4 Å². The van der Waals surface area contributed by atoms with Crippen LogP contribution in [0.5, 0.6) is 0 Å². The average Bonchev–Trinajstić information content (AvgIpc) is 3.41. The number of nitrogens with zero attached hydrogens (tertiary/aromatic N) is 2. The van der Waals surface area contributed by atoms with Crippen LogP contribution < -0.4 is 10.2 Å². The van der Waals surface area contributed by atoms with Crippen LogP contribution in [0.25, 0.3) is 0 Å². The van der Waals surface area contributed by atoms with Crippen molar-refractivity contribution < 1.29 is 9.59 Å². The molecule has 0 saturated carbocycles. The Morgan fingerprint density at radius 1 is 1.29 bits per heavy atom. The van der Waals surface area contributed by atoms with Gasteiger partial charge in [0.15, 0.2) is 0 Å². The Labute approximate surface area is 170 Å². The minimum Gasteiger partial charge on any atom is -0.354 e. The van der Waals surface area contributed by atoms with Gasteiger partial charge in [-0.15, -0.1) is 11.3 Å². The van der Waals surface area contributed by atoms with Crippen LogP contribution in [0.1, 0.15) is 34.9 Å². The van der Waals surface area contributed by atoms with Gasteiger partial charge in [-0.3, -0.25) is 9.59 Å². The lowest BCUT2D eigenvalue weighted by molar-refractivity contribution is -0.126. The number of benzene rings is 1. The fourth-order valence-corrected chi connectivity index (χ4v) is 5.14. The van der Waals surface area contributed by atoms with Crippen molar-refractivity contribution in [3.05, 3.63) is 51.7 Å². The molecule has 1 N–H and O–H groups in total. The van der Waals surface area contributed by atoms with Gasteiger partial charge in [0.05, 0.1) is 12.0 Å². The molecule has 2 aliphatic rings. The number of anilines is 1. The molecule has 2 amide bonds. The maximum absolute atomic E-state index is 12.7. The van der Waals surface area contributed by atoms with E-state index < -0.39 is 0 Å². The molecule has 1 fully saturated rings. The van der Waals surface area contributed by atoms with Gasteiger partial charge in [0.1, 0.15) is 0 Å². The summed E-state index contributed by atoms with van der Waals surface area (Å²) in [6.07, 6.45) is 3.69. The van der Waals surface area contributed by atoms with Gasteiger partial charge in [0.25, 0.3) is 0 Å². The summed E-state index contributed by atoms with van der Waals surface area (Å²) < 4.78 is 0. The highest BCUT2D eigenvalue weighted by Crippen LogP contribution is 2.31. The van der Waals surface area contributed by atoms with Gasteiger partial charge < -0.3 is 15.1 Å². The van der Waals surface area contributed by atoms with E-state index in [2.05, 4.69) is 33.8 Å². The first-order valence-corrected chi connectivity index (χ1v) is 10.8. The largest absolute Gasteiger partial charge is 0.354 e. The smallest absolute Gasteiger partial charge is 0.227 e. The van der Waals surface area contributed by atoms with Gasteiger partial charge in [-0.25, -0.2) is 0 Å². The normalized spacial score (nSPS) is 19.9. The summed E-state index contributed by atoms with van der Waals surface area (Å²) in [6, 6.07) is 10.6. The molecule has 1 aliphatic carbocycles. The van der Waals surface area contributed by atoms with Crippen LogP contribution in [0.4, 0.5) is 5.69 Å². The Bertz CT molecular complexity index is 863. The van der Waals surface area contributed by atoms with Gasteiger partial charge >= 0.3 is 0 Å². The molecular weight excluding hydrogens is 370 g/mol. The van der Waals surface area contributed by atoms with Crippen molar-refractivity contribution in [2.24, 2.45) is 5.92 Å². The Hall–Kier alpha value is -2.18. The van der Waals surface area contributed by atoms with Gasteiger partial charge in [0.2, 0.25) is 11.8 Å². The molecule has 0 spiro atoms. The van der Waals surface area contributed by atoms with Gasteiger partial charge in [-0.2, -0.15) is 0 Å². The molecular formula is C22H27N3O2S. The molecule has 148 valence electrons. The number of carbonyl (C=O) groups is 2. The maximum Gasteiger partial charge on any atom is 0.227 e. The first-order chi connectivity index (χ1) is 13.5. The van der Waals surface area contributed by atoms with Crippen molar-refractivity contribution in [1.82, 2.24) is 10.2 Å². The minimum atomic E-state index is -0.285. The first-order valence-electron chi connectivity index (χ1n) is 9.92. The van der Waals surface area contributed by atoms with E-state index in [1.54, 1.807) is 16.2 Å². The fraction of sp³-hybridized carbons (Fsp3) is 0.455. The molecule has 0 bridgehead atoms. The summed E-state index contributed by atoms with van der Waals surface area (Å²) >= 11 is 1.70. The van der Waals surface area contributed by atoms with Crippen LogP contribution in [0.2, 0.25) is 0 Å².